The van der Waals surface area contributed by atoms with E-state index < -0.39 is 0 Å². The van der Waals surface area contributed by atoms with Crippen LogP contribution in [0.15, 0.2) is 22.8 Å². The Morgan fingerprint density at radius 1 is 1.44 bits per heavy atom. The number of rotatable bonds is 4. The first-order valence-corrected chi connectivity index (χ1v) is 5.54. The van der Waals surface area contributed by atoms with Crippen LogP contribution in [0.25, 0.3) is 11.0 Å². The zero-order valence-electron chi connectivity index (χ0n) is 9.62. The van der Waals surface area contributed by atoms with E-state index in [4.69, 9.17) is 9.15 Å². The molecule has 0 aliphatic carbocycles. The van der Waals surface area contributed by atoms with Crippen LogP contribution in [-0.2, 0) is 6.42 Å². The van der Waals surface area contributed by atoms with E-state index in [-0.39, 0.29) is 0 Å². The first-order chi connectivity index (χ1) is 7.77. The molecule has 0 bridgehead atoms. The van der Waals surface area contributed by atoms with Crippen molar-refractivity contribution in [2.75, 3.05) is 7.11 Å². The Kier molecular flexibility index (Phi) is 3.04. The smallest absolute Gasteiger partial charge is 0.179 e. The number of phenolic OH excluding ortho intramolecular Hbond substituents is 1. The minimum absolute atomic E-state index is 0.318. The second-order valence-corrected chi connectivity index (χ2v) is 3.85. The Morgan fingerprint density at radius 3 is 2.94 bits per heavy atom. The number of methoxy groups -OCH3 is 1. The van der Waals surface area contributed by atoms with Gasteiger partial charge < -0.3 is 14.3 Å². The van der Waals surface area contributed by atoms with Gasteiger partial charge in [-0.15, -0.1) is 0 Å². The molecule has 1 aromatic heterocycles. The van der Waals surface area contributed by atoms with Crippen LogP contribution in [0.2, 0.25) is 0 Å². The Balaban J connectivity index is 2.52. The summed E-state index contributed by atoms with van der Waals surface area (Å²) >= 11 is 0. The summed E-state index contributed by atoms with van der Waals surface area (Å²) in [5.41, 5.74) is 1.54. The number of phenols is 1. The molecule has 1 aromatic carbocycles. The van der Waals surface area contributed by atoms with Crippen molar-refractivity contribution in [3.63, 3.8) is 0 Å². The summed E-state index contributed by atoms with van der Waals surface area (Å²) < 4.78 is 10.6. The fourth-order valence-electron chi connectivity index (χ4n) is 1.86. The van der Waals surface area contributed by atoms with E-state index in [1.807, 2.05) is 6.07 Å². The third-order valence-electron chi connectivity index (χ3n) is 2.77. The van der Waals surface area contributed by atoms with Crippen molar-refractivity contribution >= 4 is 11.0 Å². The molecule has 0 unspecified atom stereocenters. The predicted molar refractivity (Wildman–Crippen MR) is 63.0 cm³/mol. The van der Waals surface area contributed by atoms with Gasteiger partial charge in [-0.3, -0.25) is 0 Å². The average molecular weight is 220 g/mol. The van der Waals surface area contributed by atoms with Crippen LogP contribution < -0.4 is 4.74 Å². The van der Waals surface area contributed by atoms with E-state index in [1.54, 1.807) is 19.4 Å². The summed E-state index contributed by atoms with van der Waals surface area (Å²) in [6, 6.07) is 3.62. The summed E-state index contributed by atoms with van der Waals surface area (Å²) in [6.07, 6.45) is 4.58. The largest absolute Gasteiger partial charge is 0.507 e. The topological polar surface area (TPSA) is 42.6 Å². The third-order valence-corrected chi connectivity index (χ3v) is 2.77. The highest BCUT2D eigenvalue weighted by Gasteiger charge is 2.13. The van der Waals surface area contributed by atoms with Crippen LogP contribution in [0.5, 0.6) is 11.5 Å². The maximum atomic E-state index is 10.1. The summed E-state index contributed by atoms with van der Waals surface area (Å²) in [6.45, 7) is 2.13. The van der Waals surface area contributed by atoms with Crippen molar-refractivity contribution in [2.24, 2.45) is 0 Å². The highest BCUT2D eigenvalue weighted by Crippen LogP contribution is 2.37. The maximum Gasteiger partial charge on any atom is 0.179 e. The quantitative estimate of drug-likeness (QED) is 0.857. The number of furan rings is 1. The molecule has 1 heterocycles. The second-order valence-electron chi connectivity index (χ2n) is 3.85. The Hall–Kier alpha value is -1.64. The molecule has 0 aliphatic rings. The van der Waals surface area contributed by atoms with E-state index >= 15 is 0 Å². The van der Waals surface area contributed by atoms with Gasteiger partial charge in [0.1, 0.15) is 5.75 Å². The van der Waals surface area contributed by atoms with Gasteiger partial charge in [-0.25, -0.2) is 0 Å². The van der Waals surface area contributed by atoms with Crippen LogP contribution >= 0.6 is 0 Å². The number of hydrogen-bond donors (Lipinski definition) is 1. The van der Waals surface area contributed by atoms with Gasteiger partial charge >= 0.3 is 0 Å². The number of aryl methyl sites for hydroxylation is 1. The number of fused-ring (bicyclic) bond motifs is 1. The number of hydrogen-bond acceptors (Lipinski definition) is 3. The minimum atomic E-state index is 0.318. The Morgan fingerprint density at radius 2 is 2.25 bits per heavy atom. The molecule has 0 amide bonds. The van der Waals surface area contributed by atoms with Crippen LogP contribution in [0, 0.1) is 0 Å². The van der Waals surface area contributed by atoms with Crippen molar-refractivity contribution < 1.29 is 14.3 Å². The molecule has 0 saturated carbocycles. The standard InChI is InChI=1S/C13H16O3/c1-3-4-5-9-8-11(15-2)13-10(12(9)14)6-7-16-13/h6-8,14H,3-5H2,1-2H3. The Bertz CT molecular complexity index is 485. The van der Waals surface area contributed by atoms with E-state index in [0.717, 1.165) is 30.2 Å². The number of aromatic hydroxyl groups is 1. The molecule has 2 rings (SSSR count). The molecule has 0 fully saturated rings. The monoisotopic (exact) mass is 220 g/mol. The molecule has 1 N–H and O–H groups in total. The van der Waals surface area contributed by atoms with Gasteiger partial charge in [0.05, 0.1) is 18.8 Å². The predicted octanol–water partition coefficient (Wildman–Crippen LogP) is 3.49. The SMILES string of the molecule is CCCCc1cc(OC)c2occc2c1O. The van der Waals surface area contributed by atoms with Crippen LogP contribution in [0.3, 0.4) is 0 Å². The molecule has 3 heteroatoms. The fraction of sp³-hybridized carbons (Fsp3) is 0.385. The van der Waals surface area contributed by atoms with Crippen molar-refractivity contribution in [1.29, 1.82) is 0 Å². The fourth-order valence-corrected chi connectivity index (χ4v) is 1.86. The number of ether oxygens (including phenoxy) is 1. The third kappa shape index (κ3) is 1.73. The molecule has 0 spiro atoms. The van der Waals surface area contributed by atoms with E-state index in [1.165, 1.54) is 0 Å². The minimum Gasteiger partial charge on any atom is -0.507 e. The normalized spacial score (nSPS) is 10.9. The average Bonchev–Trinajstić information content (AvgIpc) is 2.78. The molecule has 16 heavy (non-hydrogen) atoms. The van der Waals surface area contributed by atoms with Crippen LogP contribution in [0.1, 0.15) is 25.3 Å². The van der Waals surface area contributed by atoms with Crippen LogP contribution in [-0.4, -0.2) is 12.2 Å². The van der Waals surface area contributed by atoms with Gasteiger partial charge in [-0.1, -0.05) is 13.3 Å². The van der Waals surface area contributed by atoms with Gasteiger partial charge in [0.15, 0.2) is 11.3 Å². The van der Waals surface area contributed by atoms with Gasteiger partial charge in [-0.2, -0.15) is 0 Å². The molecule has 0 saturated heterocycles. The van der Waals surface area contributed by atoms with Gasteiger partial charge in [0, 0.05) is 0 Å². The van der Waals surface area contributed by atoms with Crippen molar-refractivity contribution in [3.8, 4) is 11.5 Å². The summed E-state index contributed by atoms with van der Waals surface area (Å²) in [5, 5.41) is 10.8. The summed E-state index contributed by atoms with van der Waals surface area (Å²) in [7, 11) is 1.61. The summed E-state index contributed by atoms with van der Waals surface area (Å²) in [4.78, 5) is 0. The van der Waals surface area contributed by atoms with Gasteiger partial charge in [0.2, 0.25) is 0 Å². The van der Waals surface area contributed by atoms with Crippen molar-refractivity contribution in [2.45, 2.75) is 26.2 Å². The molecular weight excluding hydrogens is 204 g/mol. The van der Waals surface area contributed by atoms with Gasteiger partial charge in [-0.05, 0) is 30.5 Å². The molecule has 86 valence electrons. The maximum absolute atomic E-state index is 10.1. The molecule has 0 atom stereocenters. The first kappa shape index (κ1) is 10.9. The lowest BCUT2D eigenvalue weighted by Gasteiger charge is -2.08. The molecule has 0 radical (unpaired) electrons. The second kappa shape index (κ2) is 4.47. The molecule has 0 aliphatic heterocycles. The van der Waals surface area contributed by atoms with E-state index in [0.29, 0.717) is 17.1 Å². The summed E-state index contributed by atoms with van der Waals surface area (Å²) in [5.74, 6) is 1.00. The van der Waals surface area contributed by atoms with Crippen molar-refractivity contribution in [3.05, 3.63) is 24.0 Å². The van der Waals surface area contributed by atoms with Gasteiger partial charge in [0.25, 0.3) is 0 Å². The lowest BCUT2D eigenvalue weighted by atomic mass is 10.0. The zero-order chi connectivity index (χ0) is 11.5. The Labute approximate surface area is 94.6 Å². The first-order valence-electron chi connectivity index (χ1n) is 5.54. The lowest BCUT2D eigenvalue weighted by molar-refractivity contribution is 0.407. The number of benzene rings is 1. The molecular formula is C13H16O3. The highest BCUT2D eigenvalue weighted by molar-refractivity contribution is 5.90. The van der Waals surface area contributed by atoms with E-state index in [9.17, 15) is 5.11 Å². The van der Waals surface area contributed by atoms with E-state index in [2.05, 4.69) is 6.92 Å². The number of unbranched alkanes of at least 4 members (excludes halogenated alkanes) is 1. The lowest BCUT2D eigenvalue weighted by Crippen LogP contribution is -1.90. The van der Waals surface area contributed by atoms with Crippen LogP contribution in [0.4, 0.5) is 0 Å². The molecule has 3 nitrogen and oxygen atoms in total. The zero-order valence-corrected chi connectivity index (χ0v) is 9.62. The molecule has 2 aromatic rings. The highest BCUT2D eigenvalue weighted by atomic mass is 16.5. The van der Waals surface area contributed by atoms with Crippen molar-refractivity contribution in [1.82, 2.24) is 0 Å².